The van der Waals surface area contributed by atoms with E-state index in [1.807, 2.05) is 37.2 Å². The molecular weight excluding hydrogens is 228 g/mol. The highest BCUT2D eigenvalue weighted by atomic mass is 16.3. The second-order valence-corrected chi connectivity index (χ2v) is 4.49. The van der Waals surface area contributed by atoms with Crippen LogP contribution in [0.4, 0.5) is 0 Å². The Bertz CT molecular complexity index is 588. The fraction of sp³-hybridized carbons (Fsp3) is 0.214. The van der Waals surface area contributed by atoms with E-state index < -0.39 is 0 Å². The van der Waals surface area contributed by atoms with Crippen LogP contribution >= 0.6 is 0 Å². The van der Waals surface area contributed by atoms with E-state index in [4.69, 9.17) is 0 Å². The summed E-state index contributed by atoms with van der Waals surface area (Å²) in [5.41, 5.74) is 1.46. The van der Waals surface area contributed by atoms with Crippen molar-refractivity contribution in [2.24, 2.45) is 0 Å². The highest BCUT2D eigenvalue weighted by Crippen LogP contribution is 2.25. The normalized spacial score (nSPS) is 10.8. The monoisotopic (exact) mass is 244 g/mol. The molecule has 0 saturated carbocycles. The number of H-pyrrole nitrogens is 1. The number of rotatable bonds is 3. The lowest BCUT2D eigenvalue weighted by molar-refractivity contribution is 0.394. The first-order valence-corrected chi connectivity index (χ1v) is 5.73. The van der Waals surface area contributed by atoms with Crippen LogP contribution in [0.1, 0.15) is 5.69 Å². The van der Waals surface area contributed by atoms with Crippen molar-refractivity contribution in [2.45, 2.75) is 6.54 Å². The Balaban J connectivity index is 2.49. The third-order valence-corrected chi connectivity index (χ3v) is 2.62. The topological polar surface area (TPSA) is 56.3 Å². The van der Waals surface area contributed by atoms with Crippen molar-refractivity contribution in [1.29, 1.82) is 0 Å². The number of aromatic nitrogens is 1. The van der Waals surface area contributed by atoms with Gasteiger partial charge in [-0.25, -0.2) is 0 Å². The fourth-order valence-electron chi connectivity index (χ4n) is 1.91. The maximum absolute atomic E-state index is 12.0. The lowest BCUT2D eigenvalue weighted by Crippen LogP contribution is -2.17. The first-order valence-electron chi connectivity index (χ1n) is 5.73. The molecule has 0 aliphatic heterocycles. The fourth-order valence-corrected chi connectivity index (χ4v) is 1.91. The third kappa shape index (κ3) is 2.60. The third-order valence-electron chi connectivity index (χ3n) is 2.62. The Hall–Kier alpha value is -2.07. The largest absolute Gasteiger partial charge is 0.507 e. The number of pyridine rings is 1. The van der Waals surface area contributed by atoms with Crippen LogP contribution in [0.5, 0.6) is 5.75 Å². The van der Waals surface area contributed by atoms with Crippen molar-refractivity contribution in [3.63, 3.8) is 0 Å². The number of benzene rings is 1. The molecule has 94 valence electrons. The van der Waals surface area contributed by atoms with Crippen molar-refractivity contribution in [1.82, 2.24) is 9.88 Å². The highest BCUT2D eigenvalue weighted by molar-refractivity contribution is 5.68. The quantitative estimate of drug-likeness (QED) is 0.865. The number of nitrogens with zero attached hydrogens (tertiary/aromatic N) is 1. The molecule has 0 radical (unpaired) electrons. The maximum atomic E-state index is 12.0. The van der Waals surface area contributed by atoms with Crippen LogP contribution in [0.3, 0.4) is 0 Å². The van der Waals surface area contributed by atoms with Crippen molar-refractivity contribution in [3.8, 4) is 16.9 Å². The van der Waals surface area contributed by atoms with Crippen LogP contribution in [0, 0.1) is 0 Å². The molecule has 1 aromatic carbocycles. The van der Waals surface area contributed by atoms with Gasteiger partial charge in [-0.15, -0.1) is 0 Å². The van der Waals surface area contributed by atoms with Crippen LogP contribution in [-0.2, 0) is 6.54 Å². The van der Waals surface area contributed by atoms with E-state index in [1.165, 1.54) is 0 Å². The van der Waals surface area contributed by atoms with E-state index in [0.29, 0.717) is 23.4 Å². The Kier molecular flexibility index (Phi) is 3.48. The van der Waals surface area contributed by atoms with Gasteiger partial charge in [-0.05, 0) is 19.7 Å². The zero-order valence-electron chi connectivity index (χ0n) is 10.5. The number of aromatic hydroxyl groups is 1. The summed E-state index contributed by atoms with van der Waals surface area (Å²) in [6.45, 7) is 0.581. The molecule has 2 N–H and O–H groups in total. The molecule has 2 rings (SSSR count). The average molecular weight is 244 g/mol. The Labute approximate surface area is 106 Å². The predicted octanol–water partition coefficient (Wildman–Crippen LogP) is 1.81. The molecule has 2 aromatic rings. The molecule has 0 unspecified atom stereocenters. The summed E-state index contributed by atoms with van der Waals surface area (Å²) in [5, 5.41) is 10.00. The molecule has 0 spiro atoms. The molecule has 0 aliphatic rings. The summed E-state index contributed by atoms with van der Waals surface area (Å²) in [6, 6.07) is 10.7. The van der Waals surface area contributed by atoms with Gasteiger partial charge in [0.05, 0.1) is 5.56 Å². The van der Waals surface area contributed by atoms with Gasteiger partial charge in [0.15, 0.2) is 0 Å². The van der Waals surface area contributed by atoms with E-state index in [2.05, 4.69) is 4.98 Å². The molecule has 18 heavy (non-hydrogen) atoms. The van der Waals surface area contributed by atoms with E-state index in [9.17, 15) is 9.90 Å². The summed E-state index contributed by atoms with van der Waals surface area (Å²) in [7, 11) is 3.81. The molecule has 0 aliphatic carbocycles. The van der Waals surface area contributed by atoms with Gasteiger partial charge in [0.1, 0.15) is 5.75 Å². The van der Waals surface area contributed by atoms with Gasteiger partial charge in [-0.1, -0.05) is 30.3 Å². The second kappa shape index (κ2) is 5.06. The first-order chi connectivity index (χ1) is 8.58. The Morgan fingerprint density at radius 2 is 1.89 bits per heavy atom. The molecule has 4 heteroatoms. The number of hydrogen-bond acceptors (Lipinski definition) is 3. The SMILES string of the molecule is CN(C)Cc1cc(O)c(-c2ccccc2)c(=O)[nH]1. The smallest absolute Gasteiger partial charge is 0.259 e. The minimum atomic E-state index is -0.266. The molecule has 0 fully saturated rings. The minimum absolute atomic E-state index is 0.0156. The Morgan fingerprint density at radius 1 is 1.22 bits per heavy atom. The summed E-state index contributed by atoms with van der Waals surface area (Å²) in [6.07, 6.45) is 0. The molecule has 4 nitrogen and oxygen atoms in total. The summed E-state index contributed by atoms with van der Waals surface area (Å²) in [4.78, 5) is 16.7. The van der Waals surface area contributed by atoms with Crippen LogP contribution in [0.25, 0.3) is 11.1 Å². The maximum Gasteiger partial charge on any atom is 0.259 e. The molecule has 1 aromatic heterocycles. The van der Waals surface area contributed by atoms with Crippen LogP contribution in [-0.4, -0.2) is 29.1 Å². The second-order valence-electron chi connectivity index (χ2n) is 4.49. The predicted molar refractivity (Wildman–Crippen MR) is 71.6 cm³/mol. The van der Waals surface area contributed by atoms with E-state index in [1.54, 1.807) is 18.2 Å². The minimum Gasteiger partial charge on any atom is -0.507 e. The average Bonchev–Trinajstić information content (AvgIpc) is 2.28. The molecular formula is C14H16N2O2. The lowest BCUT2D eigenvalue weighted by atomic mass is 10.1. The van der Waals surface area contributed by atoms with Crippen molar-refractivity contribution < 1.29 is 5.11 Å². The molecule has 0 saturated heterocycles. The highest BCUT2D eigenvalue weighted by Gasteiger charge is 2.11. The van der Waals surface area contributed by atoms with Gasteiger partial charge in [0.25, 0.3) is 5.56 Å². The molecule has 0 atom stereocenters. The zero-order chi connectivity index (χ0) is 13.1. The van der Waals surface area contributed by atoms with E-state index in [-0.39, 0.29) is 11.3 Å². The van der Waals surface area contributed by atoms with Gasteiger partial charge >= 0.3 is 0 Å². The molecule has 0 amide bonds. The zero-order valence-corrected chi connectivity index (χ0v) is 10.5. The number of hydrogen-bond donors (Lipinski definition) is 2. The number of aromatic amines is 1. The van der Waals surface area contributed by atoms with Crippen LogP contribution < -0.4 is 5.56 Å². The standard InChI is InChI=1S/C14H16N2O2/c1-16(2)9-11-8-12(17)13(14(18)15-11)10-6-4-3-5-7-10/h3-8H,9H2,1-2H3,(H2,15,17,18). The van der Waals surface area contributed by atoms with Crippen molar-refractivity contribution in [2.75, 3.05) is 14.1 Å². The van der Waals surface area contributed by atoms with E-state index in [0.717, 1.165) is 0 Å². The van der Waals surface area contributed by atoms with Crippen molar-refractivity contribution >= 4 is 0 Å². The van der Waals surface area contributed by atoms with Gasteiger partial charge < -0.3 is 15.0 Å². The first kappa shape index (κ1) is 12.4. The van der Waals surface area contributed by atoms with Gasteiger partial charge in [-0.2, -0.15) is 0 Å². The molecule has 0 bridgehead atoms. The summed E-state index contributed by atoms with van der Waals surface area (Å²) < 4.78 is 0. The summed E-state index contributed by atoms with van der Waals surface area (Å²) in [5.74, 6) is 0.0156. The van der Waals surface area contributed by atoms with Crippen molar-refractivity contribution in [3.05, 3.63) is 52.4 Å². The number of nitrogens with one attached hydrogen (secondary N) is 1. The van der Waals surface area contributed by atoms with Gasteiger partial charge in [-0.3, -0.25) is 4.79 Å². The van der Waals surface area contributed by atoms with Gasteiger partial charge in [0.2, 0.25) is 0 Å². The molecule has 1 heterocycles. The van der Waals surface area contributed by atoms with E-state index >= 15 is 0 Å². The summed E-state index contributed by atoms with van der Waals surface area (Å²) >= 11 is 0. The van der Waals surface area contributed by atoms with Crippen LogP contribution in [0.2, 0.25) is 0 Å². The lowest BCUT2D eigenvalue weighted by Gasteiger charge is -2.11. The van der Waals surface area contributed by atoms with Gasteiger partial charge in [0, 0.05) is 18.3 Å². The Morgan fingerprint density at radius 3 is 2.44 bits per heavy atom. The van der Waals surface area contributed by atoms with Crippen LogP contribution in [0.15, 0.2) is 41.2 Å².